The first-order valence-electron chi connectivity index (χ1n) is 5.47. The lowest BCUT2D eigenvalue weighted by molar-refractivity contribution is -0.131. The van der Waals surface area contributed by atoms with Crippen LogP contribution in [0.25, 0.3) is 6.08 Å². The van der Waals surface area contributed by atoms with Crippen LogP contribution < -0.4 is 4.74 Å². The number of carboxylic acid groups (broad SMARTS) is 1. The van der Waals surface area contributed by atoms with E-state index in [2.05, 4.69) is 6.58 Å². The molecule has 0 unspecified atom stereocenters. The van der Waals surface area contributed by atoms with Gasteiger partial charge in [0.05, 0.1) is 6.61 Å². The lowest BCUT2D eigenvalue weighted by atomic mass is 10.2. The fourth-order valence-electron chi connectivity index (χ4n) is 1.26. The fourth-order valence-corrected chi connectivity index (χ4v) is 1.26. The summed E-state index contributed by atoms with van der Waals surface area (Å²) in [6, 6.07) is 7.30. The van der Waals surface area contributed by atoms with Crippen LogP contribution in [0, 0.1) is 0 Å². The molecule has 0 saturated carbocycles. The lowest BCUT2D eigenvalue weighted by Gasteiger charge is -2.04. The van der Waals surface area contributed by atoms with Crippen LogP contribution in [0.4, 0.5) is 0 Å². The number of allylic oxidation sites excluding steroid dienone is 1. The Morgan fingerprint density at radius 1 is 1.35 bits per heavy atom. The Hall–Kier alpha value is -2.03. The van der Waals surface area contributed by atoms with E-state index in [1.54, 1.807) is 6.08 Å². The highest BCUT2D eigenvalue weighted by atomic mass is 16.5. The second-order valence-corrected chi connectivity index (χ2v) is 3.52. The summed E-state index contributed by atoms with van der Waals surface area (Å²) in [5, 5.41) is 8.48. The van der Waals surface area contributed by atoms with Gasteiger partial charge >= 0.3 is 5.97 Å². The largest absolute Gasteiger partial charge is 0.494 e. The Labute approximate surface area is 101 Å². The summed E-state index contributed by atoms with van der Waals surface area (Å²) in [6.45, 7) is 4.30. The van der Waals surface area contributed by atoms with Crippen molar-refractivity contribution in [2.24, 2.45) is 0 Å². The molecule has 0 aliphatic heterocycles. The monoisotopic (exact) mass is 232 g/mol. The summed E-state index contributed by atoms with van der Waals surface area (Å²) < 4.78 is 5.50. The third-order valence-corrected chi connectivity index (χ3v) is 2.12. The van der Waals surface area contributed by atoms with Gasteiger partial charge in [-0.15, -0.1) is 6.58 Å². The highest BCUT2D eigenvalue weighted by Crippen LogP contribution is 2.13. The second kappa shape index (κ2) is 7.28. The Kier molecular flexibility index (Phi) is 5.58. The van der Waals surface area contributed by atoms with Gasteiger partial charge in [-0.05, 0) is 36.6 Å². The number of rotatable bonds is 7. The minimum Gasteiger partial charge on any atom is -0.494 e. The number of carbonyl (C=O) groups is 1. The van der Waals surface area contributed by atoms with Gasteiger partial charge in [-0.1, -0.05) is 18.2 Å². The maximum Gasteiger partial charge on any atom is 0.328 e. The van der Waals surface area contributed by atoms with E-state index in [9.17, 15) is 4.79 Å². The van der Waals surface area contributed by atoms with Crippen molar-refractivity contribution in [1.82, 2.24) is 0 Å². The first-order chi connectivity index (χ1) is 8.22. The maximum atomic E-state index is 10.3. The Bertz CT molecular complexity index is 390. The Morgan fingerprint density at radius 2 is 2.06 bits per heavy atom. The van der Waals surface area contributed by atoms with Crippen molar-refractivity contribution in [2.45, 2.75) is 12.8 Å². The fraction of sp³-hybridized carbons (Fsp3) is 0.214. The maximum absolute atomic E-state index is 10.3. The number of aliphatic carboxylic acids is 1. The average molecular weight is 232 g/mol. The Balaban J connectivity index is 2.44. The zero-order valence-electron chi connectivity index (χ0n) is 9.63. The van der Waals surface area contributed by atoms with Crippen LogP contribution >= 0.6 is 0 Å². The summed E-state index contributed by atoms with van der Waals surface area (Å²) in [4.78, 5) is 10.3. The van der Waals surface area contributed by atoms with E-state index < -0.39 is 5.97 Å². The molecule has 1 aromatic rings. The van der Waals surface area contributed by atoms with Crippen molar-refractivity contribution in [2.75, 3.05) is 6.61 Å². The van der Waals surface area contributed by atoms with Gasteiger partial charge in [0, 0.05) is 6.08 Å². The molecule has 1 aromatic carbocycles. The van der Waals surface area contributed by atoms with Gasteiger partial charge in [0.15, 0.2) is 0 Å². The van der Waals surface area contributed by atoms with Crippen LogP contribution in [0.3, 0.4) is 0 Å². The zero-order valence-corrected chi connectivity index (χ0v) is 9.63. The van der Waals surface area contributed by atoms with E-state index in [1.807, 2.05) is 30.3 Å². The van der Waals surface area contributed by atoms with Gasteiger partial charge in [0.1, 0.15) is 5.75 Å². The first-order valence-corrected chi connectivity index (χ1v) is 5.47. The quantitative estimate of drug-likeness (QED) is 0.446. The molecule has 0 atom stereocenters. The summed E-state index contributed by atoms with van der Waals surface area (Å²) in [5.41, 5.74) is 0.839. The summed E-state index contributed by atoms with van der Waals surface area (Å²) in [7, 11) is 0. The zero-order chi connectivity index (χ0) is 12.5. The van der Waals surface area contributed by atoms with Crippen LogP contribution in [0.15, 0.2) is 43.0 Å². The molecule has 1 rings (SSSR count). The van der Waals surface area contributed by atoms with Gasteiger partial charge in [0.2, 0.25) is 0 Å². The SMILES string of the molecule is C=CCCCOc1ccc(/C=C/C(=O)O)cc1. The van der Waals surface area contributed by atoms with Crippen molar-refractivity contribution >= 4 is 12.0 Å². The third kappa shape index (κ3) is 5.56. The molecule has 17 heavy (non-hydrogen) atoms. The van der Waals surface area contributed by atoms with Crippen LogP contribution in [-0.2, 0) is 4.79 Å². The summed E-state index contributed by atoms with van der Waals surface area (Å²) >= 11 is 0. The minimum atomic E-state index is -0.949. The second-order valence-electron chi connectivity index (χ2n) is 3.52. The van der Waals surface area contributed by atoms with Crippen molar-refractivity contribution in [3.8, 4) is 5.75 Å². The standard InChI is InChI=1S/C14H16O3/c1-2-3-4-11-17-13-8-5-12(6-9-13)7-10-14(15)16/h2,5-10H,1,3-4,11H2,(H,15,16)/b10-7+. The first kappa shape index (κ1) is 13.0. The molecule has 0 radical (unpaired) electrons. The molecule has 0 heterocycles. The molecule has 3 heteroatoms. The molecule has 0 aromatic heterocycles. The topological polar surface area (TPSA) is 46.5 Å². The number of carboxylic acids is 1. The molecule has 0 fully saturated rings. The third-order valence-electron chi connectivity index (χ3n) is 2.12. The smallest absolute Gasteiger partial charge is 0.328 e. The highest BCUT2D eigenvalue weighted by molar-refractivity contribution is 5.85. The van der Waals surface area contributed by atoms with E-state index >= 15 is 0 Å². The molecular weight excluding hydrogens is 216 g/mol. The van der Waals surface area contributed by atoms with Crippen molar-refractivity contribution in [1.29, 1.82) is 0 Å². The van der Waals surface area contributed by atoms with Crippen molar-refractivity contribution in [3.05, 3.63) is 48.6 Å². The van der Waals surface area contributed by atoms with E-state index in [-0.39, 0.29) is 0 Å². The van der Waals surface area contributed by atoms with Crippen LogP contribution in [0.2, 0.25) is 0 Å². The van der Waals surface area contributed by atoms with Crippen LogP contribution in [0.5, 0.6) is 5.75 Å². The van der Waals surface area contributed by atoms with Gasteiger partial charge in [-0.2, -0.15) is 0 Å². The predicted octanol–water partition coefficient (Wildman–Crippen LogP) is 3.13. The van der Waals surface area contributed by atoms with E-state index in [1.165, 1.54) is 0 Å². The summed E-state index contributed by atoms with van der Waals surface area (Å²) in [5.74, 6) is -0.156. The predicted molar refractivity (Wildman–Crippen MR) is 68.0 cm³/mol. The number of unbranched alkanes of at least 4 members (excludes halogenated alkanes) is 1. The number of ether oxygens (including phenoxy) is 1. The molecule has 0 saturated heterocycles. The van der Waals surface area contributed by atoms with E-state index in [4.69, 9.17) is 9.84 Å². The molecule has 0 spiro atoms. The molecule has 90 valence electrons. The number of benzene rings is 1. The summed E-state index contributed by atoms with van der Waals surface area (Å²) in [6.07, 6.45) is 6.41. The van der Waals surface area contributed by atoms with Crippen molar-refractivity contribution < 1.29 is 14.6 Å². The molecular formula is C14H16O3. The van der Waals surface area contributed by atoms with Crippen LogP contribution in [-0.4, -0.2) is 17.7 Å². The minimum absolute atomic E-state index is 0.663. The van der Waals surface area contributed by atoms with E-state index in [0.717, 1.165) is 30.2 Å². The lowest BCUT2D eigenvalue weighted by Crippen LogP contribution is -1.96. The molecule has 0 amide bonds. The normalized spacial score (nSPS) is 10.4. The number of hydrogen-bond donors (Lipinski definition) is 1. The average Bonchev–Trinajstić information content (AvgIpc) is 2.33. The van der Waals surface area contributed by atoms with Gasteiger partial charge < -0.3 is 9.84 Å². The van der Waals surface area contributed by atoms with Crippen LogP contribution in [0.1, 0.15) is 18.4 Å². The molecule has 0 bridgehead atoms. The number of hydrogen-bond acceptors (Lipinski definition) is 2. The Morgan fingerprint density at radius 3 is 2.65 bits per heavy atom. The van der Waals surface area contributed by atoms with E-state index in [0.29, 0.717) is 6.61 Å². The highest BCUT2D eigenvalue weighted by Gasteiger charge is 1.94. The molecule has 0 aliphatic carbocycles. The molecule has 1 N–H and O–H groups in total. The molecule has 0 aliphatic rings. The van der Waals surface area contributed by atoms with Gasteiger partial charge in [-0.3, -0.25) is 0 Å². The van der Waals surface area contributed by atoms with Gasteiger partial charge in [-0.25, -0.2) is 4.79 Å². The van der Waals surface area contributed by atoms with Crippen molar-refractivity contribution in [3.63, 3.8) is 0 Å². The van der Waals surface area contributed by atoms with Gasteiger partial charge in [0.25, 0.3) is 0 Å². The molecule has 3 nitrogen and oxygen atoms in total.